The van der Waals surface area contributed by atoms with Gasteiger partial charge in [0.25, 0.3) is 5.91 Å². The first-order valence-electron chi connectivity index (χ1n) is 7.63. The van der Waals surface area contributed by atoms with Crippen LogP contribution in [0.25, 0.3) is 10.2 Å². The minimum absolute atomic E-state index is 0.0825. The standard InChI is InChI=1S/C20H14N2OS/c23-19(15-9-3-1-4-10-15)22(16-11-5-2-6-12-16)20-21-17-13-7-8-14-18(17)24-20/h1-14H. The summed E-state index contributed by atoms with van der Waals surface area (Å²) < 4.78 is 1.06. The average Bonchev–Trinajstić information content (AvgIpc) is 3.07. The van der Waals surface area contributed by atoms with Crippen molar-refractivity contribution in [1.29, 1.82) is 0 Å². The smallest absolute Gasteiger partial charge is 0.264 e. The van der Waals surface area contributed by atoms with Crippen LogP contribution in [0.1, 0.15) is 10.4 Å². The molecule has 4 aromatic rings. The molecular formula is C20H14N2OS. The minimum atomic E-state index is -0.0825. The maximum absolute atomic E-state index is 13.1. The van der Waals surface area contributed by atoms with E-state index in [0.717, 1.165) is 15.9 Å². The molecule has 24 heavy (non-hydrogen) atoms. The van der Waals surface area contributed by atoms with Crippen molar-refractivity contribution in [2.24, 2.45) is 0 Å². The van der Waals surface area contributed by atoms with Gasteiger partial charge in [-0.15, -0.1) is 0 Å². The van der Waals surface area contributed by atoms with Crippen molar-refractivity contribution < 1.29 is 4.79 Å². The van der Waals surface area contributed by atoms with E-state index in [9.17, 15) is 4.79 Å². The number of fused-ring (bicyclic) bond motifs is 1. The summed E-state index contributed by atoms with van der Waals surface area (Å²) in [7, 11) is 0. The molecule has 0 saturated heterocycles. The molecule has 1 heterocycles. The number of nitrogens with zero attached hydrogens (tertiary/aromatic N) is 2. The molecular weight excluding hydrogens is 316 g/mol. The topological polar surface area (TPSA) is 33.2 Å². The number of carbonyl (C=O) groups is 1. The molecule has 0 bridgehead atoms. The van der Waals surface area contributed by atoms with Crippen molar-refractivity contribution in [3.8, 4) is 0 Å². The number of benzene rings is 3. The Labute approximate surface area is 143 Å². The number of hydrogen-bond donors (Lipinski definition) is 0. The fourth-order valence-electron chi connectivity index (χ4n) is 2.56. The van der Waals surface area contributed by atoms with Gasteiger partial charge in [-0.05, 0) is 36.4 Å². The molecule has 4 rings (SSSR count). The van der Waals surface area contributed by atoms with Gasteiger partial charge >= 0.3 is 0 Å². The van der Waals surface area contributed by atoms with Crippen LogP contribution in [0.3, 0.4) is 0 Å². The Morgan fingerprint density at radius 3 is 2.12 bits per heavy atom. The fourth-order valence-corrected chi connectivity index (χ4v) is 3.54. The van der Waals surface area contributed by atoms with E-state index in [0.29, 0.717) is 10.7 Å². The number of hydrogen-bond acceptors (Lipinski definition) is 3. The molecule has 0 unspecified atom stereocenters. The van der Waals surface area contributed by atoms with E-state index in [1.54, 1.807) is 4.90 Å². The summed E-state index contributed by atoms with van der Waals surface area (Å²) >= 11 is 1.52. The number of aromatic nitrogens is 1. The lowest BCUT2D eigenvalue weighted by atomic mass is 10.2. The van der Waals surface area contributed by atoms with E-state index in [-0.39, 0.29) is 5.91 Å². The Balaban J connectivity index is 1.86. The van der Waals surface area contributed by atoms with Crippen molar-refractivity contribution in [2.45, 2.75) is 0 Å². The lowest BCUT2D eigenvalue weighted by molar-refractivity contribution is 0.0999. The zero-order chi connectivity index (χ0) is 16.4. The van der Waals surface area contributed by atoms with Gasteiger partial charge in [0.15, 0.2) is 5.13 Å². The van der Waals surface area contributed by atoms with Gasteiger partial charge < -0.3 is 0 Å². The number of para-hydroxylation sites is 2. The van der Waals surface area contributed by atoms with E-state index in [2.05, 4.69) is 4.98 Å². The summed E-state index contributed by atoms with van der Waals surface area (Å²) in [5.74, 6) is -0.0825. The summed E-state index contributed by atoms with van der Waals surface area (Å²) in [5.41, 5.74) is 2.35. The van der Waals surface area contributed by atoms with Gasteiger partial charge in [-0.25, -0.2) is 4.98 Å². The number of amides is 1. The molecule has 0 spiro atoms. The molecule has 116 valence electrons. The highest BCUT2D eigenvalue weighted by Gasteiger charge is 2.22. The van der Waals surface area contributed by atoms with Crippen LogP contribution in [0, 0.1) is 0 Å². The van der Waals surface area contributed by atoms with Crippen LogP contribution in [0.2, 0.25) is 0 Å². The first kappa shape index (κ1) is 14.6. The number of thiazole rings is 1. The van der Waals surface area contributed by atoms with Crippen molar-refractivity contribution in [3.05, 3.63) is 90.5 Å². The first-order chi connectivity index (χ1) is 11.8. The highest BCUT2D eigenvalue weighted by Crippen LogP contribution is 2.34. The summed E-state index contributed by atoms with van der Waals surface area (Å²) in [6, 6.07) is 26.8. The van der Waals surface area contributed by atoms with Crippen LogP contribution in [-0.2, 0) is 0 Å². The molecule has 0 saturated carbocycles. The minimum Gasteiger partial charge on any atom is -0.268 e. The Kier molecular flexibility index (Phi) is 3.81. The summed E-state index contributed by atoms with van der Waals surface area (Å²) in [5, 5.41) is 0.677. The molecule has 0 aliphatic rings. The zero-order valence-electron chi connectivity index (χ0n) is 12.8. The molecule has 0 fully saturated rings. The van der Waals surface area contributed by atoms with Crippen LogP contribution >= 0.6 is 11.3 Å². The van der Waals surface area contributed by atoms with Crippen LogP contribution in [0.15, 0.2) is 84.9 Å². The van der Waals surface area contributed by atoms with E-state index in [4.69, 9.17) is 0 Å². The molecule has 1 amide bonds. The third-order valence-electron chi connectivity index (χ3n) is 3.71. The molecule has 3 aromatic carbocycles. The highest BCUT2D eigenvalue weighted by atomic mass is 32.1. The maximum Gasteiger partial charge on any atom is 0.264 e. The Morgan fingerprint density at radius 1 is 0.792 bits per heavy atom. The molecule has 4 heteroatoms. The predicted octanol–water partition coefficient (Wildman–Crippen LogP) is 5.27. The maximum atomic E-state index is 13.1. The van der Waals surface area contributed by atoms with Crippen molar-refractivity contribution in [1.82, 2.24) is 4.98 Å². The van der Waals surface area contributed by atoms with Crippen molar-refractivity contribution in [3.63, 3.8) is 0 Å². The number of carbonyl (C=O) groups excluding carboxylic acids is 1. The summed E-state index contributed by atoms with van der Waals surface area (Å²) in [4.78, 5) is 19.5. The average molecular weight is 330 g/mol. The first-order valence-corrected chi connectivity index (χ1v) is 8.45. The van der Waals surface area contributed by atoms with Gasteiger partial charge in [0.05, 0.1) is 15.9 Å². The number of rotatable bonds is 3. The highest BCUT2D eigenvalue weighted by molar-refractivity contribution is 7.22. The van der Waals surface area contributed by atoms with Gasteiger partial charge in [0.1, 0.15) is 0 Å². The Bertz CT molecular complexity index is 947. The van der Waals surface area contributed by atoms with Crippen LogP contribution in [0.5, 0.6) is 0 Å². The van der Waals surface area contributed by atoms with Crippen molar-refractivity contribution in [2.75, 3.05) is 4.90 Å². The zero-order valence-corrected chi connectivity index (χ0v) is 13.6. The second-order valence-corrected chi connectivity index (χ2v) is 6.32. The van der Waals surface area contributed by atoms with E-state index in [1.165, 1.54) is 11.3 Å². The van der Waals surface area contributed by atoms with Gasteiger partial charge in [-0.3, -0.25) is 9.69 Å². The lowest BCUT2D eigenvalue weighted by Gasteiger charge is -2.20. The second-order valence-electron chi connectivity index (χ2n) is 5.31. The quantitative estimate of drug-likeness (QED) is 0.512. The molecule has 1 aromatic heterocycles. The Morgan fingerprint density at radius 2 is 1.42 bits per heavy atom. The lowest BCUT2D eigenvalue weighted by Crippen LogP contribution is -2.25. The SMILES string of the molecule is O=C(c1ccccc1)N(c1ccccc1)c1nc2ccccc2s1. The molecule has 0 N–H and O–H groups in total. The molecule has 0 aliphatic heterocycles. The third kappa shape index (κ3) is 2.68. The molecule has 3 nitrogen and oxygen atoms in total. The fraction of sp³-hybridized carbons (Fsp3) is 0. The van der Waals surface area contributed by atoms with E-state index < -0.39 is 0 Å². The Hall–Kier alpha value is -2.98. The summed E-state index contributed by atoms with van der Waals surface area (Å²) in [6.07, 6.45) is 0. The second kappa shape index (κ2) is 6.26. The van der Waals surface area contributed by atoms with E-state index in [1.807, 2.05) is 84.9 Å². The predicted molar refractivity (Wildman–Crippen MR) is 99.0 cm³/mol. The van der Waals surface area contributed by atoms with Gasteiger partial charge in [-0.2, -0.15) is 0 Å². The normalized spacial score (nSPS) is 10.7. The van der Waals surface area contributed by atoms with E-state index >= 15 is 0 Å². The van der Waals surface area contributed by atoms with Gasteiger partial charge in [0.2, 0.25) is 0 Å². The van der Waals surface area contributed by atoms with Crippen LogP contribution in [0.4, 0.5) is 10.8 Å². The third-order valence-corrected chi connectivity index (χ3v) is 4.73. The monoisotopic (exact) mass is 330 g/mol. The summed E-state index contributed by atoms with van der Waals surface area (Å²) in [6.45, 7) is 0. The molecule has 0 radical (unpaired) electrons. The number of anilines is 2. The van der Waals surface area contributed by atoms with Crippen LogP contribution < -0.4 is 4.90 Å². The molecule has 0 aliphatic carbocycles. The molecule has 0 atom stereocenters. The van der Waals surface area contributed by atoms with Gasteiger partial charge in [0, 0.05) is 5.56 Å². The largest absolute Gasteiger partial charge is 0.268 e. The van der Waals surface area contributed by atoms with Gasteiger partial charge in [-0.1, -0.05) is 59.9 Å². The van der Waals surface area contributed by atoms with Crippen LogP contribution in [-0.4, -0.2) is 10.9 Å². The van der Waals surface area contributed by atoms with Crippen molar-refractivity contribution >= 4 is 38.3 Å².